The van der Waals surface area contributed by atoms with Gasteiger partial charge in [0, 0.05) is 24.4 Å². The summed E-state index contributed by atoms with van der Waals surface area (Å²) < 4.78 is 19.1. The monoisotopic (exact) mass is 386 g/mol. The predicted molar refractivity (Wildman–Crippen MR) is 114 cm³/mol. The lowest BCUT2D eigenvalue weighted by Gasteiger charge is -2.09. The van der Waals surface area contributed by atoms with Crippen LogP contribution in [0.15, 0.2) is 36.7 Å². The molecule has 0 N–H and O–H groups in total. The summed E-state index contributed by atoms with van der Waals surface area (Å²) in [4.78, 5) is 9.02. The van der Waals surface area contributed by atoms with Crippen LogP contribution in [0, 0.1) is 0 Å². The number of nitrogens with zero attached hydrogens (tertiary/aromatic N) is 2. The summed E-state index contributed by atoms with van der Waals surface area (Å²) in [5.74, 6) is 1.48. The van der Waals surface area contributed by atoms with Crippen molar-refractivity contribution in [3.05, 3.63) is 42.2 Å². The van der Waals surface area contributed by atoms with Crippen molar-refractivity contribution in [1.29, 1.82) is 0 Å². The number of ether oxygens (including phenoxy) is 1. The molecular weight excluding hydrogens is 351 g/mol. The van der Waals surface area contributed by atoms with E-state index >= 15 is 0 Å². The molecule has 0 bridgehead atoms. The molecule has 0 aliphatic rings. The van der Waals surface area contributed by atoms with Crippen LogP contribution in [0.3, 0.4) is 0 Å². The third kappa shape index (κ3) is 8.37. The quantitative estimate of drug-likeness (QED) is 0.329. The molecule has 0 saturated carbocycles. The van der Waals surface area contributed by atoms with Crippen LogP contribution in [-0.4, -0.2) is 22.7 Å². The zero-order chi connectivity index (χ0) is 20.0. The minimum Gasteiger partial charge on any atom is -0.493 e. The van der Waals surface area contributed by atoms with Crippen molar-refractivity contribution in [1.82, 2.24) is 9.97 Å². The first-order valence-corrected chi connectivity index (χ1v) is 10.9. The Morgan fingerprint density at radius 1 is 0.857 bits per heavy atom. The van der Waals surface area contributed by atoms with Gasteiger partial charge in [-0.1, -0.05) is 52.4 Å². The Balaban J connectivity index is 1.75. The van der Waals surface area contributed by atoms with E-state index in [0.717, 1.165) is 30.0 Å². The van der Waals surface area contributed by atoms with Crippen LogP contribution in [0.5, 0.6) is 5.75 Å². The van der Waals surface area contributed by atoms with Crippen LogP contribution < -0.4 is 4.74 Å². The molecule has 2 rings (SSSR count). The normalized spacial score (nSPS) is 12.1. The maximum absolute atomic E-state index is 13.5. The summed E-state index contributed by atoms with van der Waals surface area (Å²) in [6.07, 6.45) is 13.9. The summed E-state index contributed by atoms with van der Waals surface area (Å²) in [7, 11) is 0. The lowest BCUT2D eigenvalue weighted by molar-refractivity contribution is 0.225. The summed E-state index contributed by atoms with van der Waals surface area (Å²) in [6.45, 7) is 4.65. The van der Waals surface area contributed by atoms with Crippen LogP contribution >= 0.6 is 0 Å². The molecule has 2 aromatic rings. The van der Waals surface area contributed by atoms with E-state index < -0.39 is 6.17 Å². The molecule has 0 spiro atoms. The first kappa shape index (κ1) is 22.3. The zero-order valence-corrected chi connectivity index (χ0v) is 17.5. The average molecular weight is 387 g/mol. The van der Waals surface area contributed by atoms with Crippen LogP contribution in [-0.2, 0) is 6.42 Å². The van der Waals surface area contributed by atoms with Crippen molar-refractivity contribution in [3.63, 3.8) is 0 Å². The van der Waals surface area contributed by atoms with E-state index in [0.29, 0.717) is 19.4 Å². The molecule has 4 heteroatoms. The number of rotatable bonds is 14. The van der Waals surface area contributed by atoms with E-state index in [-0.39, 0.29) is 0 Å². The second-order valence-electron chi connectivity index (χ2n) is 7.48. The minimum atomic E-state index is -0.771. The largest absolute Gasteiger partial charge is 0.493 e. The number of unbranched alkanes of at least 4 members (excludes halogenated alkanes) is 5. The van der Waals surface area contributed by atoms with Crippen molar-refractivity contribution < 1.29 is 9.13 Å². The Kier molecular flexibility index (Phi) is 10.6. The van der Waals surface area contributed by atoms with Gasteiger partial charge >= 0.3 is 0 Å². The first-order chi connectivity index (χ1) is 13.7. The summed E-state index contributed by atoms with van der Waals surface area (Å²) in [5.41, 5.74) is 2.17. The molecule has 0 fully saturated rings. The lowest BCUT2D eigenvalue weighted by atomic mass is 10.1. The fraction of sp³-hybridized carbons (Fsp3) is 0.583. The topological polar surface area (TPSA) is 35.0 Å². The highest BCUT2D eigenvalue weighted by atomic mass is 19.1. The third-order valence-corrected chi connectivity index (χ3v) is 4.94. The fourth-order valence-corrected chi connectivity index (χ4v) is 3.20. The summed E-state index contributed by atoms with van der Waals surface area (Å²) in [6, 6.07) is 7.71. The molecule has 1 unspecified atom stereocenters. The van der Waals surface area contributed by atoms with Gasteiger partial charge in [-0.2, -0.15) is 0 Å². The molecule has 154 valence electrons. The van der Waals surface area contributed by atoms with Gasteiger partial charge in [-0.15, -0.1) is 0 Å². The molecule has 0 aliphatic carbocycles. The Bertz CT molecular complexity index is 643. The van der Waals surface area contributed by atoms with Gasteiger partial charge in [0.05, 0.1) is 6.61 Å². The molecule has 0 amide bonds. The number of aryl methyl sites for hydroxylation is 1. The molecule has 1 atom stereocenters. The first-order valence-electron chi connectivity index (χ1n) is 10.9. The standard InChI is InChI=1S/C24H35FN2O/c1-3-5-6-7-8-9-11-20-18-26-24(27-19-20)21-12-14-23(15-13-21)28-17-16-22(25)10-4-2/h12-15,18-19,22H,3-11,16-17H2,1-2H3. The van der Waals surface area contributed by atoms with Crippen molar-refractivity contribution in [2.24, 2.45) is 0 Å². The zero-order valence-electron chi connectivity index (χ0n) is 17.5. The molecule has 0 radical (unpaired) electrons. The Morgan fingerprint density at radius 3 is 2.21 bits per heavy atom. The predicted octanol–water partition coefficient (Wildman–Crippen LogP) is 6.95. The van der Waals surface area contributed by atoms with Crippen LogP contribution in [0.2, 0.25) is 0 Å². The van der Waals surface area contributed by atoms with Gasteiger partial charge in [0.2, 0.25) is 0 Å². The number of hydrogen-bond donors (Lipinski definition) is 0. The van der Waals surface area contributed by atoms with E-state index in [2.05, 4.69) is 16.9 Å². The summed E-state index contributed by atoms with van der Waals surface area (Å²) >= 11 is 0. The van der Waals surface area contributed by atoms with Gasteiger partial charge in [-0.05, 0) is 49.1 Å². The number of aromatic nitrogens is 2. The smallest absolute Gasteiger partial charge is 0.159 e. The van der Waals surface area contributed by atoms with Gasteiger partial charge in [0.25, 0.3) is 0 Å². The van der Waals surface area contributed by atoms with E-state index in [1.807, 2.05) is 43.6 Å². The number of alkyl halides is 1. The van der Waals surface area contributed by atoms with Crippen molar-refractivity contribution >= 4 is 0 Å². The molecule has 1 heterocycles. The Hall–Kier alpha value is -1.97. The highest BCUT2D eigenvalue weighted by Gasteiger charge is 2.06. The maximum Gasteiger partial charge on any atom is 0.159 e. The average Bonchev–Trinajstić information content (AvgIpc) is 2.72. The van der Waals surface area contributed by atoms with Crippen LogP contribution in [0.25, 0.3) is 11.4 Å². The van der Waals surface area contributed by atoms with Gasteiger partial charge < -0.3 is 4.74 Å². The Labute approximate surface area is 169 Å². The SMILES string of the molecule is CCCCCCCCc1cnc(-c2ccc(OCCC(F)CCC)cc2)nc1. The highest BCUT2D eigenvalue weighted by Crippen LogP contribution is 2.20. The molecule has 28 heavy (non-hydrogen) atoms. The van der Waals surface area contributed by atoms with Crippen molar-refractivity contribution in [2.75, 3.05) is 6.61 Å². The van der Waals surface area contributed by atoms with Gasteiger partial charge in [-0.3, -0.25) is 0 Å². The Morgan fingerprint density at radius 2 is 1.54 bits per heavy atom. The lowest BCUT2D eigenvalue weighted by Crippen LogP contribution is -2.07. The highest BCUT2D eigenvalue weighted by molar-refractivity contribution is 5.55. The minimum absolute atomic E-state index is 0.407. The molecule has 0 aliphatic heterocycles. The summed E-state index contributed by atoms with van der Waals surface area (Å²) in [5, 5.41) is 0. The van der Waals surface area contributed by atoms with Gasteiger partial charge in [0.15, 0.2) is 5.82 Å². The van der Waals surface area contributed by atoms with Crippen LogP contribution in [0.4, 0.5) is 4.39 Å². The maximum atomic E-state index is 13.5. The van der Waals surface area contributed by atoms with E-state index in [1.54, 1.807) is 0 Å². The number of hydrogen-bond acceptors (Lipinski definition) is 3. The van der Waals surface area contributed by atoms with E-state index in [1.165, 1.54) is 44.1 Å². The number of halogens is 1. The van der Waals surface area contributed by atoms with E-state index in [4.69, 9.17) is 4.74 Å². The number of benzene rings is 1. The second kappa shape index (κ2) is 13.2. The second-order valence-corrected chi connectivity index (χ2v) is 7.48. The van der Waals surface area contributed by atoms with Gasteiger partial charge in [0.1, 0.15) is 11.9 Å². The molecular formula is C24H35FN2O. The molecule has 1 aromatic heterocycles. The van der Waals surface area contributed by atoms with Crippen LogP contribution in [0.1, 0.15) is 77.2 Å². The third-order valence-electron chi connectivity index (χ3n) is 4.94. The van der Waals surface area contributed by atoms with Crippen molar-refractivity contribution in [2.45, 2.75) is 84.2 Å². The van der Waals surface area contributed by atoms with E-state index in [9.17, 15) is 4.39 Å². The molecule has 0 saturated heterocycles. The van der Waals surface area contributed by atoms with Gasteiger partial charge in [-0.25, -0.2) is 14.4 Å². The molecule has 1 aromatic carbocycles. The van der Waals surface area contributed by atoms with Crippen molar-refractivity contribution in [3.8, 4) is 17.1 Å². The molecule has 3 nitrogen and oxygen atoms in total. The fourth-order valence-electron chi connectivity index (χ4n) is 3.20.